The van der Waals surface area contributed by atoms with E-state index in [0.29, 0.717) is 0 Å². The number of hydrogen-bond acceptors (Lipinski definition) is 2. The standard InChI is InChI=1S/C18H22ClNO/c1-3-12-20-13-16-17(19)6-5-7-18(16)21-15-10-8-14(4-2)9-11-15/h5-11,20H,3-4,12-13H2,1-2H3. The maximum atomic E-state index is 6.30. The summed E-state index contributed by atoms with van der Waals surface area (Å²) in [5, 5.41) is 4.11. The van der Waals surface area contributed by atoms with E-state index in [0.717, 1.165) is 48.0 Å². The summed E-state index contributed by atoms with van der Waals surface area (Å²) in [5.74, 6) is 1.65. The highest BCUT2D eigenvalue weighted by molar-refractivity contribution is 6.31. The van der Waals surface area contributed by atoms with Crippen molar-refractivity contribution >= 4 is 11.6 Å². The predicted octanol–water partition coefficient (Wildman–Crippen LogP) is 5.19. The molecule has 0 aliphatic rings. The van der Waals surface area contributed by atoms with Crippen LogP contribution in [0, 0.1) is 0 Å². The van der Waals surface area contributed by atoms with Gasteiger partial charge in [0.2, 0.25) is 0 Å². The average molecular weight is 304 g/mol. The van der Waals surface area contributed by atoms with Gasteiger partial charge in [-0.3, -0.25) is 0 Å². The summed E-state index contributed by atoms with van der Waals surface area (Å²) >= 11 is 6.30. The van der Waals surface area contributed by atoms with Crippen LogP contribution in [0.15, 0.2) is 42.5 Å². The molecule has 2 aromatic carbocycles. The molecule has 3 heteroatoms. The molecular formula is C18H22ClNO. The third kappa shape index (κ3) is 4.48. The summed E-state index contributed by atoms with van der Waals surface area (Å²) in [6.07, 6.45) is 2.13. The minimum atomic E-state index is 0.718. The molecule has 0 saturated heterocycles. The molecule has 0 aliphatic heterocycles. The molecule has 0 unspecified atom stereocenters. The Hall–Kier alpha value is -1.51. The fraction of sp³-hybridized carbons (Fsp3) is 0.333. The lowest BCUT2D eigenvalue weighted by atomic mass is 10.1. The van der Waals surface area contributed by atoms with Gasteiger partial charge in [-0.05, 0) is 49.2 Å². The Balaban J connectivity index is 2.15. The molecule has 0 atom stereocenters. The first-order valence-corrected chi connectivity index (χ1v) is 7.87. The summed E-state index contributed by atoms with van der Waals surface area (Å²) in [7, 11) is 0. The van der Waals surface area contributed by atoms with Gasteiger partial charge in [0.15, 0.2) is 0 Å². The van der Waals surface area contributed by atoms with Gasteiger partial charge in [0.1, 0.15) is 11.5 Å². The topological polar surface area (TPSA) is 21.3 Å². The smallest absolute Gasteiger partial charge is 0.133 e. The van der Waals surface area contributed by atoms with E-state index >= 15 is 0 Å². The van der Waals surface area contributed by atoms with Gasteiger partial charge in [-0.15, -0.1) is 0 Å². The monoisotopic (exact) mass is 303 g/mol. The van der Waals surface area contributed by atoms with Gasteiger partial charge in [-0.2, -0.15) is 0 Å². The zero-order valence-electron chi connectivity index (χ0n) is 12.7. The first-order valence-electron chi connectivity index (χ1n) is 7.49. The zero-order valence-corrected chi connectivity index (χ0v) is 13.4. The maximum absolute atomic E-state index is 6.30. The summed E-state index contributed by atoms with van der Waals surface area (Å²) < 4.78 is 6.00. The van der Waals surface area contributed by atoms with Gasteiger partial charge >= 0.3 is 0 Å². The number of hydrogen-bond donors (Lipinski definition) is 1. The largest absolute Gasteiger partial charge is 0.457 e. The quantitative estimate of drug-likeness (QED) is 0.710. The van der Waals surface area contributed by atoms with Crippen LogP contribution in [-0.4, -0.2) is 6.54 Å². The Kier molecular flexibility index (Phi) is 6.09. The molecule has 2 aromatic rings. The lowest BCUT2D eigenvalue weighted by Crippen LogP contribution is -2.14. The van der Waals surface area contributed by atoms with E-state index in [9.17, 15) is 0 Å². The van der Waals surface area contributed by atoms with Crippen LogP contribution >= 0.6 is 11.6 Å². The van der Waals surface area contributed by atoms with Gasteiger partial charge in [0, 0.05) is 17.1 Å². The van der Waals surface area contributed by atoms with Crippen molar-refractivity contribution in [2.24, 2.45) is 0 Å². The zero-order chi connectivity index (χ0) is 15.1. The second-order valence-electron chi connectivity index (χ2n) is 4.99. The molecule has 0 fully saturated rings. The fourth-order valence-electron chi connectivity index (χ4n) is 2.12. The normalized spacial score (nSPS) is 10.6. The first kappa shape index (κ1) is 15.9. The van der Waals surface area contributed by atoms with Crippen molar-refractivity contribution in [1.82, 2.24) is 5.32 Å². The van der Waals surface area contributed by atoms with Crippen molar-refractivity contribution in [2.75, 3.05) is 6.54 Å². The lowest BCUT2D eigenvalue weighted by Gasteiger charge is -2.13. The summed E-state index contributed by atoms with van der Waals surface area (Å²) in [4.78, 5) is 0. The Labute approximate surface area is 132 Å². The van der Waals surface area contributed by atoms with Crippen LogP contribution < -0.4 is 10.1 Å². The lowest BCUT2D eigenvalue weighted by molar-refractivity contribution is 0.472. The van der Waals surface area contributed by atoms with Gasteiger partial charge in [0.05, 0.1) is 0 Å². The van der Waals surface area contributed by atoms with Crippen LogP contribution in [0.3, 0.4) is 0 Å². The Bertz CT molecular complexity index is 566. The van der Waals surface area contributed by atoms with E-state index in [1.54, 1.807) is 0 Å². The molecule has 0 saturated carbocycles. The van der Waals surface area contributed by atoms with Crippen molar-refractivity contribution in [2.45, 2.75) is 33.2 Å². The highest BCUT2D eigenvalue weighted by atomic mass is 35.5. The number of halogens is 1. The Morgan fingerprint density at radius 2 is 1.81 bits per heavy atom. The van der Waals surface area contributed by atoms with E-state index in [1.807, 2.05) is 30.3 Å². The van der Waals surface area contributed by atoms with Crippen molar-refractivity contribution < 1.29 is 4.74 Å². The highest BCUT2D eigenvalue weighted by Crippen LogP contribution is 2.30. The van der Waals surface area contributed by atoms with Gasteiger partial charge < -0.3 is 10.1 Å². The fourth-order valence-corrected chi connectivity index (χ4v) is 2.35. The molecule has 0 amide bonds. The molecule has 0 aliphatic carbocycles. The van der Waals surface area contributed by atoms with Crippen molar-refractivity contribution in [3.05, 3.63) is 58.6 Å². The van der Waals surface area contributed by atoms with Crippen LogP contribution in [0.25, 0.3) is 0 Å². The number of aryl methyl sites for hydroxylation is 1. The average Bonchev–Trinajstić information content (AvgIpc) is 2.51. The number of rotatable bonds is 7. The van der Waals surface area contributed by atoms with Crippen LogP contribution in [0.5, 0.6) is 11.5 Å². The molecule has 2 nitrogen and oxygen atoms in total. The summed E-state index contributed by atoms with van der Waals surface area (Å²) in [6, 6.07) is 14.0. The van der Waals surface area contributed by atoms with Crippen LogP contribution in [0.4, 0.5) is 0 Å². The number of ether oxygens (including phenoxy) is 1. The number of benzene rings is 2. The van der Waals surface area contributed by atoms with Crippen molar-refractivity contribution in [3.8, 4) is 11.5 Å². The second-order valence-corrected chi connectivity index (χ2v) is 5.40. The maximum Gasteiger partial charge on any atom is 0.133 e. The molecule has 0 radical (unpaired) electrons. The van der Waals surface area contributed by atoms with Crippen molar-refractivity contribution in [3.63, 3.8) is 0 Å². The first-order chi connectivity index (χ1) is 10.2. The van der Waals surface area contributed by atoms with E-state index in [4.69, 9.17) is 16.3 Å². The summed E-state index contributed by atoms with van der Waals surface area (Å²) in [5.41, 5.74) is 2.31. The Morgan fingerprint density at radius 3 is 2.48 bits per heavy atom. The van der Waals surface area contributed by atoms with Crippen molar-refractivity contribution in [1.29, 1.82) is 0 Å². The third-order valence-electron chi connectivity index (χ3n) is 3.36. The van der Waals surface area contributed by atoms with E-state index in [-0.39, 0.29) is 0 Å². The van der Waals surface area contributed by atoms with E-state index < -0.39 is 0 Å². The van der Waals surface area contributed by atoms with E-state index in [2.05, 4.69) is 31.3 Å². The number of nitrogens with one attached hydrogen (secondary N) is 1. The van der Waals surface area contributed by atoms with Crippen LogP contribution in [-0.2, 0) is 13.0 Å². The Morgan fingerprint density at radius 1 is 1.05 bits per heavy atom. The van der Waals surface area contributed by atoms with Crippen LogP contribution in [0.2, 0.25) is 5.02 Å². The summed E-state index contributed by atoms with van der Waals surface area (Å²) in [6.45, 7) is 5.97. The van der Waals surface area contributed by atoms with Gasteiger partial charge in [-0.1, -0.05) is 43.6 Å². The predicted molar refractivity (Wildman–Crippen MR) is 89.3 cm³/mol. The highest BCUT2D eigenvalue weighted by Gasteiger charge is 2.09. The van der Waals surface area contributed by atoms with Crippen LogP contribution in [0.1, 0.15) is 31.4 Å². The molecule has 112 valence electrons. The minimum Gasteiger partial charge on any atom is -0.457 e. The van der Waals surface area contributed by atoms with Gasteiger partial charge in [-0.25, -0.2) is 0 Å². The molecule has 0 spiro atoms. The molecular weight excluding hydrogens is 282 g/mol. The second kappa shape index (κ2) is 8.06. The molecule has 1 N–H and O–H groups in total. The molecule has 0 heterocycles. The molecule has 0 bridgehead atoms. The van der Waals surface area contributed by atoms with E-state index in [1.165, 1.54) is 5.56 Å². The molecule has 21 heavy (non-hydrogen) atoms. The molecule has 2 rings (SSSR count). The minimum absolute atomic E-state index is 0.718. The third-order valence-corrected chi connectivity index (χ3v) is 3.72. The van der Waals surface area contributed by atoms with Gasteiger partial charge in [0.25, 0.3) is 0 Å². The molecule has 0 aromatic heterocycles. The SMILES string of the molecule is CCCNCc1c(Cl)cccc1Oc1ccc(CC)cc1.